The van der Waals surface area contributed by atoms with Crippen molar-refractivity contribution in [1.82, 2.24) is 5.32 Å². The van der Waals surface area contributed by atoms with Gasteiger partial charge >= 0.3 is 0 Å². The van der Waals surface area contributed by atoms with Crippen LogP contribution in [-0.4, -0.2) is 26.0 Å². The van der Waals surface area contributed by atoms with Gasteiger partial charge in [-0.2, -0.15) is 0 Å². The molecular formula is C14H21NO2S. The van der Waals surface area contributed by atoms with E-state index in [9.17, 15) is 8.42 Å². The summed E-state index contributed by atoms with van der Waals surface area (Å²) in [7, 11) is -2.81. The van der Waals surface area contributed by atoms with E-state index in [-0.39, 0.29) is 5.25 Å². The number of sulfone groups is 1. The molecule has 1 aromatic carbocycles. The van der Waals surface area contributed by atoms with E-state index in [2.05, 4.69) is 36.5 Å². The Kier molecular flexibility index (Phi) is 4.40. The minimum atomic E-state index is -2.81. The second-order valence-corrected chi connectivity index (χ2v) is 7.33. The molecule has 1 atom stereocenters. The van der Waals surface area contributed by atoms with Crippen LogP contribution in [0.1, 0.15) is 30.9 Å². The average Bonchev–Trinajstić information content (AvgIpc) is 2.70. The molecule has 2 rings (SSSR count). The zero-order valence-electron chi connectivity index (χ0n) is 10.9. The first kappa shape index (κ1) is 13.6. The minimum absolute atomic E-state index is 0.174. The summed E-state index contributed by atoms with van der Waals surface area (Å²) in [5.74, 6) is 0.366. The van der Waals surface area contributed by atoms with E-state index in [1.165, 1.54) is 11.1 Å². The second-order valence-electron chi connectivity index (χ2n) is 4.93. The molecule has 18 heavy (non-hydrogen) atoms. The van der Waals surface area contributed by atoms with Crippen LogP contribution >= 0.6 is 0 Å². The van der Waals surface area contributed by atoms with Gasteiger partial charge in [-0.25, -0.2) is 8.42 Å². The molecule has 0 amide bonds. The lowest BCUT2D eigenvalue weighted by Crippen LogP contribution is -2.30. The third-order valence-corrected chi connectivity index (χ3v) is 5.87. The molecule has 0 saturated carbocycles. The molecule has 1 N–H and O–H groups in total. The minimum Gasteiger partial charge on any atom is -0.311 e. The number of benzene rings is 1. The number of nitrogens with one attached hydrogen (secondary N) is 1. The highest BCUT2D eigenvalue weighted by Crippen LogP contribution is 2.19. The molecule has 1 aliphatic rings. The van der Waals surface area contributed by atoms with Crippen molar-refractivity contribution in [2.45, 2.75) is 38.0 Å². The third kappa shape index (κ3) is 3.33. The smallest absolute Gasteiger partial charge is 0.154 e. The Morgan fingerprint density at radius 3 is 2.44 bits per heavy atom. The van der Waals surface area contributed by atoms with Crippen LogP contribution in [0.5, 0.6) is 0 Å². The summed E-state index contributed by atoms with van der Waals surface area (Å²) >= 11 is 0. The Morgan fingerprint density at radius 2 is 1.89 bits per heavy atom. The maximum absolute atomic E-state index is 11.6. The van der Waals surface area contributed by atoms with Crippen LogP contribution in [0, 0.1) is 0 Å². The fraction of sp³-hybridized carbons (Fsp3) is 0.571. The van der Waals surface area contributed by atoms with Crippen molar-refractivity contribution >= 4 is 9.84 Å². The van der Waals surface area contributed by atoms with Gasteiger partial charge in [0.1, 0.15) is 0 Å². The van der Waals surface area contributed by atoms with Gasteiger partial charge in [-0.05, 0) is 30.4 Å². The van der Waals surface area contributed by atoms with Crippen molar-refractivity contribution in [1.29, 1.82) is 0 Å². The number of aryl methyl sites for hydroxylation is 1. The third-order valence-electron chi connectivity index (χ3n) is 3.60. The molecule has 1 heterocycles. The van der Waals surface area contributed by atoms with Crippen LogP contribution in [0.3, 0.4) is 0 Å². The van der Waals surface area contributed by atoms with Crippen LogP contribution < -0.4 is 5.32 Å². The number of hydrogen-bond acceptors (Lipinski definition) is 3. The Morgan fingerprint density at radius 1 is 1.22 bits per heavy atom. The SMILES string of the molecule is CCc1ccc(CNCC2CCCS2(=O)=O)cc1. The van der Waals surface area contributed by atoms with Gasteiger partial charge in [0.05, 0.1) is 11.0 Å². The van der Waals surface area contributed by atoms with Crippen LogP contribution in [0.2, 0.25) is 0 Å². The van der Waals surface area contributed by atoms with E-state index in [1.807, 2.05) is 0 Å². The summed E-state index contributed by atoms with van der Waals surface area (Å²) in [4.78, 5) is 0. The molecule has 100 valence electrons. The Balaban J connectivity index is 1.81. The standard InChI is InChI=1S/C14H21NO2S/c1-2-12-5-7-13(8-6-12)10-15-11-14-4-3-9-18(14,16)17/h5-8,14-15H,2-4,9-11H2,1H3. The van der Waals surface area contributed by atoms with Crippen LogP contribution in [0.15, 0.2) is 24.3 Å². The monoisotopic (exact) mass is 267 g/mol. The molecular weight excluding hydrogens is 246 g/mol. The molecule has 1 fully saturated rings. The predicted octanol–water partition coefficient (Wildman–Crippen LogP) is 1.92. The number of rotatable bonds is 5. The fourth-order valence-corrected chi connectivity index (χ4v) is 4.16. The topological polar surface area (TPSA) is 46.2 Å². The molecule has 0 aliphatic carbocycles. The van der Waals surface area contributed by atoms with Gasteiger partial charge in [-0.15, -0.1) is 0 Å². The molecule has 1 saturated heterocycles. The summed E-state index contributed by atoms with van der Waals surface area (Å²) in [5, 5.41) is 3.08. The van der Waals surface area contributed by atoms with E-state index in [4.69, 9.17) is 0 Å². The van der Waals surface area contributed by atoms with E-state index < -0.39 is 9.84 Å². The van der Waals surface area contributed by atoms with Gasteiger partial charge in [0.25, 0.3) is 0 Å². The predicted molar refractivity (Wildman–Crippen MR) is 74.3 cm³/mol. The van der Waals surface area contributed by atoms with E-state index >= 15 is 0 Å². The van der Waals surface area contributed by atoms with Gasteiger partial charge in [0, 0.05) is 13.1 Å². The second kappa shape index (κ2) is 5.85. The molecule has 1 unspecified atom stereocenters. The Hall–Kier alpha value is -0.870. The lowest BCUT2D eigenvalue weighted by atomic mass is 10.1. The first-order valence-corrected chi connectivity index (χ1v) is 8.33. The molecule has 0 spiro atoms. The fourth-order valence-electron chi connectivity index (χ4n) is 2.36. The Bertz CT molecular complexity index is 479. The zero-order valence-corrected chi connectivity index (χ0v) is 11.7. The summed E-state index contributed by atoms with van der Waals surface area (Å²) in [6.07, 6.45) is 2.68. The highest BCUT2D eigenvalue weighted by Gasteiger charge is 2.30. The van der Waals surface area contributed by atoms with Crippen LogP contribution in [0.25, 0.3) is 0 Å². The summed E-state index contributed by atoms with van der Waals surface area (Å²) in [6.45, 7) is 3.46. The first-order valence-electron chi connectivity index (χ1n) is 6.62. The van der Waals surface area contributed by atoms with Crippen molar-refractivity contribution < 1.29 is 8.42 Å². The van der Waals surface area contributed by atoms with E-state index in [0.29, 0.717) is 12.3 Å². The zero-order chi connectivity index (χ0) is 13.0. The quantitative estimate of drug-likeness (QED) is 0.886. The highest BCUT2D eigenvalue weighted by molar-refractivity contribution is 7.92. The summed E-state index contributed by atoms with van der Waals surface area (Å²) < 4.78 is 23.3. The molecule has 3 nitrogen and oxygen atoms in total. The van der Waals surface area contributed by atoms with Gasteiger partial charge < -0.3 is 5.32 Å². The number of hydrogen-bond donors (Lipinski definition) is 1. The van der Waals surface area contributed by atoms with Crippen molar-refractivity contribution in [2.75, 3.05) is 12.3 Å². The Labute approximate surface area is 110 Å². The van der Waals surface area contributed by atoms with E-state index in [1.54, 1.807) is 0 Å². The van der Waals surface area contributed by atoms with Crippen LogP contribution in [0.4, 0.5) is 0 Å². The van der Waals surface area contributed by atoms with Gasteiger partial charge in [0.2, 0.25) is 0 Å². The molecule has 0 aromatic heterocycles. The average molecular weight is 267 g/mol. The van der Waals surface area contributed by atoms with Crippen molar-refractivity contribution in [3.8, 4) is 0 Å². The molecule has 1 aliphatic heterocycles. The van der Waals surface area contributed by atoms with Crippen molar-refractivity contribution in [2.24, 2.45) is 0 Å². The van der Waals surface area contributed by atoms with Gasteiger partial charge in [-0.1, -0.05) is 31.2 Å². The lowest BCUT2D eigenvalue weighted by Gasteiger charge is -2.11. The van der Waals surface area contributed by atoms with Crippen molar-refractivity contribution in [3.05, 3.63) is 35.4 Å². The van der Waals surface area contributed by atoms with Gasteiger partial charge in [-0.3, -0.25) is 0 Å². The lowest BCUT2D eigenvalue weighted by molar-refractivity contribution is 0.574. The first-order chi connectivity index (χ1) is 8.62. The van der Waals surface area contributed by atoms with Crippen LogP contribution in [-0.2, 0) is 22.8 Å². The molecule has 1 aromatic rings. The normalized spacial score (nSPS) is 22.2. The summed E-state index contributed by atoms with van der Waals surface area (Å²) in [6, 6.07) is 8.47. The maximum Gasteiger partial charge on any atom is 0.154 e. The van der Waals surface area contributed by atoms with E-state index in [0.717, 1.165) is 25.8 Å². The van der Waals surface area contributed by atoms with Crippen molar-refractivity contribution in [3.63, 3.8) is 0 Å². The maximum atomic E-state index is 11.6. The largest absolute Gasteiger partial charge is 0.311 e. The van der Waals surface area contributed by atoms with Gasteiger partial charge in [0.15, 0.2) is 9.84 Å². The molecule has 0 bridgehead atoms. The molecule has 0 radical (unpaired) electrons. The summed E-state index contributed by atoms with van der Waals surface area (Å²) in [5.41, 5.74) is 2.54. The molecule has 4 heteroatoms. The highest BCUT2D eigenvalue weighted by atomic mass is 32.2.